The maximum absolute atomic E-state index is 14.0. The lowest BCUT2D eigenvalue weighted by Crippen LogP contribution is -2.24. The Kier molecular flexibility index (Phi) is 5.71. The number of halogens is 5. The van der Waals surface area contributed by atoms with Gasteiger partial charge in [0, 0.05) is 14.9 Å². The van der Waals surface area contributed by atoms with Crippen LogP contribution in [-0.4, -0.2) is 6.54 Å². The topological polar surface area (TPSA) is 12.0 Å². The van der Waals surface area contributed by atoms with Crippen LogP contribution in [0.15, 0.2) is 22.7 Å². The van der Waals surface area contributed by atoms with Gasteiger partial charge in [0.25, 0.3) is 0 Å². The number of hydrogen-bond acceptors (Lipinski definition) is 2. The number of hydrogen-bond donors (Lipinski definition) is 1. The summed E-state index contributed by atoms with van der Waals surface area (Å²) in [5.74, 6) is -3.84. The predicted octanol–water partition coefficient (Wildman–Crippen LogP) is 5.67. The number of thiophene rings is 1. The minimum Gasteiger partial charge on any atom is -0.306 e. The Morgan fingerprint density at radius 3 is 2.57 bits per heavy atom. The van der Waals surface area contributed by atoms with Gasteiger partial charge in [0.1, 0.15) is 4.34 Å². The predicted molar refractivity (Wildman–Crippen MR) is 83.5 cm³/mol. The maximum Gasteiger partial charge on any atom is 0.194 e. The van der Waals surface area contributed by atoms with Crippen molar-refractivity contribution in [1.82, 2.24) is 5.32 Å². The lowest BCUT2D eigenvalue weighted by atomic mass is 10.0. The highest BCUT2D eigenvalue weighted by Crippen LogP contribution is 2.38. The standard InChI is InChI=1S/C14H12BrClF3NS/c1-2-5-20-13(10-6-8(15)14(16)21-10)7-3-4-9(17)12(19)11(7)18/h3-4,6,13,20H,2,5H2,1H3. The fraction of sp³-hybridized carbons (Fsp3) is 0.286. The SMILES string of the molecule is CCCNC(c1cc(Br)c(Cl)s1)c1ccc(F)c(F)c1F. The summed E-state index contributed by atoms with van der Waals surface area (Å²) in [6.07, 6.45) is 0.822. The zero-order valence-corrected chi connectivity index (χ0v) is 14.2. The van der Waals surface area contributed by atoms with Crippen LogP contribution in [0.3, 0.4) is 0 Å². The highest BCUT2D eigenvalue weighted by molar-refractivity contribution is 9.10. The number of benzene rings is 1. The van der Waals surface area contributed by atoms with E-state index < -0.39 is 23.5 Å². The molecule has 1 nitrogen and oxygen atoms in total. The summed E-state index contributed by atoms with van der Waals surface area (Å²) in [5, 5.41) is 3.13. The highest BCUT2D eigenvalue weighted by Gasteiger charge is 2.24. The Balaban J connectivity index is 2.47. The average molecular weight is 399 g/mol. The van der Waals surface area contributed by atoms with E-state index in [4.69, 9.17) is 11.6 Å². The Morgan fingerprint density at radius 1 is 1.29 bits per heavy atom. The fourth-order valence-electron chi connectivity index (χ4n) is 1.92. The molecule has 0 amide bonds. The van der Waals surface area contributed by atoms with E-state index in [-0.39, 0.29) is 5.56 Å². The minimum atomic E-state index is -1.46. The summed E-state index contributed by atoms with van der Waals surface area (Å²) in [6, 6.07) is 3.36. The summed E-state index contributed by atoms with van der Waals surface area (Å²) >= 11 is 10.6. The molecule has 1 aromatic carbocycles. The molecule has 0 spiro atoms. The molecule has 0 saturated heterocycles. The van der Waals surface area contributed by atoms with Gasteiger partial charge in [-0.05, 0) is 41.0 Å². The van der Waals surface area contributed by atoms with Crippen LogP contribution < -0.4 is 5.32 Å². The van der Waals surface area contributed by atoms with Gasteiger partial charge in [-0.25, -0.2) is 13.2 Å². The Labute approximate surface area is 138 Å². The molecule has 1 aromatic heterocycles. The molecule has 0 fully saturated rings. The molecule has 0 radical (unpaired) electrons. The normalized spacial score (nSPS) is 12.7. The van der Waals surface area contributed by atoms with E-state index in [0.29, 0.717) is 15.4 Å². The Morgan fingerprint density at radius 2 is 2.00 bits per heavy atom. The zero-order valence-electron chi connectivity index (χ0n) is 11.0. The van der Waals surface area contributed by atoms with Crippen LogP contribution in [0.2, 0.25) is 4.34 Å². The molecule has 114 valence electrons. The van der Waals surface area contributed by atoms with Crippen molar-refractivity contribution in [3.8, 4) is 0 Å². The van der Waals surface area contributed by atoms with Crippen LogP contribution in [-0.2, 0) is 0 Å². The van der Waals surface area contributed by atoms with Crippen molar-refractivity contribution < 1.29 is 13.2 Å². The van der Waals surface area contributed by atoms with E-state index in [0.717, 1.165) is 17.4 Å². The van der Waals surface area contributed by atoms with Gasteiger partial charge in [0.05, 0.1) is 6.04 Å². The number of nitrogens with one attached hydrogen (secondary N) is 1. The molecule has 1 N–H and O–H groups in total. The van der Waals surface area contributed by atoms with E-state index in [1.807, 2.05) is 6.92 Å². The van der Waals surface area contributed by atoms with Crippen molar-refractivity contribution in [1.29, 1.82) is 0 Å². The van der Waals surface area contributed by atoms with Crippen molar-refractivity contribution in [2.75, 3.05) is 6.54 Å². The van der Waals surface area contributed by atoms with Crippen molar-refractivity contribution >= 4 is 38.9 Å². The zero-order chi connectivity index (χ0) is 15.6. The third-order valence-electron chi connectivity index (χ3n) is 2.92. The minimum absolute atomic E-state index is 0.0627. The molecule has 0 saturated carbocycles. The maximum atomic E-state index is 14.0. The van der Waals surface area contributed by atoms with Crippen molar-refractivity contribution in [3.05, 3.63) is 54.9 Å². The molecule has 1 heterocycles. The summed E-state index contributed by atoms with van der Waals surface area (Å²) in [4.78, 5) is 0.727. The van der Waals surface area contributed by atoms with E-state index in [2.05, 4.69) is 21.2 Å². The van der Waals surface area contributed by atoms with Gasteiger partial charge in [-0.2, -0.15) is 0 Å². The van der Waals surface area contributed by atoms with Crippen LogP contribution in [0.25, 0.3) is 0 Å². The van der Waals surface area contributed by atoms with E-state index in [1.54, 1.807) is 6.07 Å². The molecule has 0 aliphatic rings. The molecule has 1 atom stereocenters. The van der Waals surface area contributed by atoms with Gasteiger partial charge in [-0.15, -0.1) is 11.3 Å². The fourth-order valence-corrected chi connectivity index (χ4v) is 3.75. The van der Waals surface area contributed by atoms with Crippen LogP contribution >= 0.6 is 38.9 Å². The molecule has 2 rings (SSSR count). The van der Waals surface area contributed by atoms with Crippen molar-refractivity contribution in [2.45, 2.75) is 19.4 Å². The molecule has 1 unspecified atom stereocenters. The molecule has 0 aliphatic carbocycles. The second-order valence-electron chi connectivity index (χ2n) is 4.42. The molecule has 7 heteroatoms. The number of rotatable bonds is 5. The third-order valence-corrected chi connectivity index (χ3v) is 5.46. The van der Waals surface area contributed by atoms with Gasteiger partial charge < -0.3 is 5.32 Å². The first kappa shape index (κ1) is 16.8. The van der Waals surface area contributed by atoms with Crippen molar-refractivity contribution in [3.63, 3.8) is 0 Å². The van der Waals surface area contributed by atoms with Gasteiger partial charge in [0.2, 0.25) is 0 Å². The lowest BCUT2D eigenvalue weighted by Gasteiger charge is -2.18. The summed E-state index contributed by atoms with van der Waals surface area (Å²) in [7, 11) is 0. The second-order valence-corrected chi connectivity index (χ2v) is 6.96. The molecule has 2 aromatic rings. The van der Waals surface area contributed by atoms with Crippen LogP contribution in [0.5, 0.6) is 0 Å². The molecular weight excluding hydrogens is 387 g/mol. The smallest absolute Gasteiger partial charge is 0.194 e. The first-order valence-electron chi connectivity index (χ1n) is 6.27. The van der Waals surface area contributed by atoms with Gasteiger partial charge >= 0.3 is 0 Å². The summed E-state index contributed by atoms with van der Waals surface area (Å²) in [6.45, 7) is 2.57. The van der Waals surface area contributed by atoms with Gasteiger partial charge in [-0.3, -0.25) is 0 Å². The molecule has 21 heavy (non-hydrogen) atoms. The quantitative estimate of drug-likeness (QED) is 0.640. The summed E-state index contributed by atoms with van der Waals surface area (Å²) < 4.78 is 41.8. The second kappa shape index (κ2) is 7.13. The molecular formula is C14H12BrClF3NS. The monoisotopic (exact) mass is 397 g/mol. The van der Waals surface area contributed by atoms with Crippen LogP contribution in [0, 0.1) is 17.5 Å². The first-order chi connectivity index (χ1) is 9.95. The van der Waals surface area contributed by atoms with E-state index in [1.165, 1.54) is 17.4 Å². The summed E-state index contributed by atoms with van der Waals surface area (Å²) in [5.41, 5.74) is 0.0627. The first-order valence-corrected chi connectivity index (χ1v) is 8.26. The lowest BCUT2D eigenvalue weighted by molar-refractivity contribution is 0.433. The highest BCUT2D eigenvalue weighted by atomic mass is 79.9. The van der Waals surface area contributed by atoms with E-state index >= 15 is 0 Å². The van der Waals surface area contributed by atoms with Crippen LogP contribution in [0.1, 0.15) is 29.8 Å². The van der Waals surface area contributed by atoms with E-state index in [9.17, 15) is 13.2 Å². The van der Waals surface area contributed by atoms with Crippen LogP contribution in [0.4, 0.5) is 13.2 Å². The van der Waals surface area contributed by atoms with Gasteiger partial charge in [-0.1, -0.05) is 24.6 Å². The molecule has 0 bridgehead atoms. The largest absolute Gasteiger partial charge is 0.306 e. The Hall–Kier alpha value is -0.560. The van der Waals surface area contributed by atoms with Gasteiger partial charge in [0.15, 0.2) is 17.5 Å². The third kappa shape index (κ3) is 3.62. The molecule has 0 aliphatic heterocycles. The Bertz CT molecular complexity index is 628. The average Bonchev–Trinajstić information content (AvgIpc) is 2.78. The van der Waals surface area contributed by atoms with Crippen molar-refractivity contribution in [2.24, 2.45) is 0 Å².